The van der Waals surface area contributed by atoms with Gasteiger partial charge in [-0.15, -0.1) is 4.99 Å². The number of hydrogen-bond donors (Lipinski definition) is 3. The fraction of sp³-hybridized carbons (Fsp3) is 0.800. The van der Waals surface area contributed by atoms with Gasteiger partial charge in [0.05, 0.1) is 6.61 Å². The van der Waals surface area contributed by atoms with E-state index >= 15 is 0 Å². The molecular formula is C15H28N4O3. The van der Waals surface area contributed by atoms with Crippen molar-refractivity contribution in [3.05, 3.63) is 0 Å². The molecular weight excluding hydrogens is 284 g/mol. The molecule has 22 heavy (non-hydrogen) atoms. The van der Waals surface area contributed by atoms with Crippen molar-refractivity contribution >= 4 is 18.1 Å². The lowest BCUT2D eigenvalue weighted by Crippen LogP contribution is -2.46. The minimum Gasteiger partial charge on any atom is -0.465 e. The Balaban J connectivity index is 2.43. The largest absolute Gasteiger partial charge is 0.465 e. The summed E-state index contributed by atoms with van der Waals surface area (Å²) in [7, 11) is 0. The summed E-state index contributed by atoms with van der Waals surface area (Å²) in [6, 6.07) is -0.755. The van der Waals surface area contributed by atoms with Gasteiger partial charge in [0.15, 0.2) is 0 Å². The Bertz CT molecular complexity index is 379. The molecule has 0 aliphatic heterocycles. The van der Waals surface area contributed by atoms with E-state index in [2.05, 4.69) is 20.9 Å². The summed E-state index contributed by atoms with van der Waals surface area (Å²) >= 11 is 0. The quantitative estimate of drug-likeness (QED) is 0.414. The van der Waals surface area contributed by atoms with E-state index in [4.69, 9.17) is 4.74 Å². The Morgan fingerprint density at radius 3 is 2.55 bits per heavy atom. The van der Waals surface area contributed by atoms with Crippen LogP contribution in [0.3, 0.4) is 0 Å². The average Bonchev–Trinajstić information content (AvgIpc) is 2.48. The molecule has 7 heteroatoms. The molecule has 4 amide bonds. The van der Waals surface area contributed by atoms with Crippen LogP contribution in [0.25, 0.3) is 0 Å². The number of amidine groups is 1. The molecule has 0 heterocycles. The minimum atomic E-state index is -0.505. The highest BCUT2D eigenvalue weighted by Crippen LogP contribution is 2.17. The van der Waals surface area contributed by atoms with Crippen molar-refractivity contribution in [2.24, 2.45) is 4.99 Å². The van der Waals surface area contributed by atoms with Crippen LogP contribution in [0.4, 0.5) is 9.59 Å². The van der Waals surface area contributed by atoms with Crippen molar-refractivity contribution in [3.8, 4) is 0 Å². The molecule has 0 saturated heterocycles. The maximum atomic E-state index is 11.9. The molecule has 1 aliphatic rings. The Morgan fingerprint density at radius 1 is 1.18 bits per heavy atom. The number of hydrogen-bond acceptors (Lipinski definition) is 3. The van der Waals surface area contributed by atoms with Crippen molar-refractivity contribution in [2.45, 2.75) is 64.8 Å². The maximum absolute atomic E-state index is 11.9. The maximum Gasteiger partial charge on any atom is 0.345 e. The number of carbonyl (C=O) groups is 2. The van der Waals surface area contributed by atoms with E-state index in [-0.39, 0.29) is 18.1 Å². The van der Waals surface area contributed by atoms with E-state index in [1.165, 1.54) is 6.42 Å². The fourth-order valence-electron chi connectivity index (χ4n) is 2.30. The van der Waals surface area contributed by atoms with E-state index in [1.54, 1.807) is 6.92 Å². The lowest BCUT2D eigenvalue weighted by molar-refractivity contribution is 0.231. The van der Waals surface area contributed by atoms with Crippen molar-refractivity contribution in [1.29, 1.82) is 0 Å². The van der Waals surface area contributed by atoms with Crippen LogP contribution in [0, 0.1) is 0 Å². The normalized spacial score (nSPS) is 16.0. The molecule has 0 aromatic heterocycles. The summed E-state index contributed by atoms with van der Waals surface area (Å²) in [5.74, 6) is 0. The van der Waals surface area contributed by atoms with Crippen LogP contribution in [0.1, 0.15) is 58.8 Å². The highest BCUT2D eigenvalue weighted by molar-refractivity contribution is 5.98. The van der Waals surface area contributed by atoms with Crippen LogP contribution in [-0.4, -0.2) is 37.3 Å². The van der Waals surface area contributed by atoms with Gasteiger partial charge in [-0.05, 0) is 26.2 Å². The first-order valence-corrected chi connectivity index (χ1v) is 8.22. The molecule has 0 aromatic carbocycles. The van der Waals surface area contributed by atoms with Crippen molar-refractivity contribution in [2.75, 3.05) is 13.2 Å². The van der Waals surface area contributed by atoms with Crippen LogP contribution < -0.4 is 16.0 Å². The number of aliphatic imine (C=N–C) groups is 1. The van der Waals surface area contributed by atoms with Crippen molar-refractivity contribution < 1.29 is 14.3 Å². The summed E-state index contributed by atoms with van der Waals surface area (Å²) in [4.78, 5) is 27.3. The zero-order chi connectivity index (χ0) is 16.2. The lowest BCUT2D eigenvalue weighted by Gasteiger charge is -2.22. The molecule has 126 valence electrons. The Hall–Kier alpha value is -1.79. The van der Waals surface area contributed by atoms with E-state index in [0.29, 0.717) is 13.2 Å². The topological polar surface area (TPSA) is 91.8 Å². The second-order valence-electron chi connectivity index (χ2n) is 5.37. The minimum absolute atomic E-state index is 0.0650. The highest BCUT2D eigenvalue weighted by atomic mass is 16.5. The first-order valence-electron chi connectivity index (χ1n) is 8.22. The summed E-state index contributed by atoms with van der Waals surface area (Å²) < 4.78 is 5.20. The van der Waals surface area contributed by atoms with Crippen molar-refractivity contribution in [1.82, 2.24) is 16.0 Å². The molecule has 1 aliphatic carbocycles. The second-order valence-corrected chi connectivity index (χ2v) is 5.37. The van der Waals surface area contributed by atoms with Gasteiger partial charge in [0.1, 0.15) is 0 Å². The zero-order valence-electron chi connectivity index (χ0n) is 13.6. The fourth-order valence-corrected chi connectivity index (χ4v) is 2.30. The number of urea groups is 2. The number of carbonyl (C=O) groups excluding carboxylic acids is 2. The standard InChI is InChI=1S/C15H28N4O3/c1-3-5-11-16-13(20)18-15(22-4-2)19-14(21)17-12-9-7-6-8-10-12/h12H,3-11H2,1-2H3,(H3,16,17,18,19,20,21). The summed E-state index contributed by atoms with van der Waals surface area (Å²) in [5, 5.41) is 8.04. The van der Waals surface area contributed by atoms with Gasteiger partial charge in [-0.3, -0.25) is 5.32 Å². The number of rotatable bonds is 5. The molecule has 1 saturated carbocycles. The second kappa shape index (κ2) is 10.9. The van der Waals surface area contributed by atoms with Gasteiger partial charge in [-0.25, -0.2) is 9.59 Å². The van der Waals surface area contributed by atoms with Crippen LogP contribution in [-0.2, 0) is 4.74 Å². The van der Waals surface area contributed by atoms with Crippen LogP contribution >= 0.6 is 0 Å². The van der Waals surface area contributed by atoms with Crippen LogP contribution in [0.5, 0.6) is 0 Å². The molecule has 0 atom stereocenters. The average molecular weight is 312 g/mol. The predicted octanol–water partition coefficient (Wildman–Crippen LogP) is 2.52. The SMILES string of the molecule is CCCCNC(=O)N=C(NC(=O)NC1CCCCC1)OCC. The third kappa shape index (κ3) is 7.85. The Kier molecular flexibility index (Phi) is 9.02. The molecule has 7 nitrogen and oxygen atoms in total. The van der Waals surface area contributed by atoms with Gasteiger partial charge >= 0.3 is 18.1 Å². The zero-order valence-corrected chi connectivity index (χ0v) is 13.6. The molecule has 0 radical (unpaired) electrons. The number of ether oxygens (including phenoxy) is 1. The molecule has 0 bridgehead atoms. The smallest absolute Gasteiger partial charge is 0.345 e. The lowest BCUT2D eigenvalue weighted by atomic mass is 9.96. The van der Waals surface area contributed by atoms with E-state index < -0.39 is 6.03 Å². The molecule has 1 fully saturated rings. The first kappa shape index (κ1) is 18.3. The van der Waals surface area contributed by atoms with Gasteiger partial charge in [-0.2, -0.15) is 0 Å². The summed E-state index contributed by atoms with van der Waals surface area (Å²) in [6.45, 7) is 4.70. The van der Waals surface area contributed by atoms with Crippen LogP contribution in [0.15, 0.2) is 4.99 Å². The van der Waals surface area contributed by atoms with Gasteiger partial charge < -0.3 is 15.4 Å². The van der Waals surface area contributed by atoms with E-state index in [0.717, 1.165) is 38.5 Å². The molecule has 0 aromatic rings. The Labute approximate surface area is 132 Å². The van der Waals surface area contributed by atoms with E-state index in [9.17, 15) is 9.59 Å². The molecule has 0 spiro atoms. The van der Waals surface area contributed by atoms with Crippen LogP contribution in [0.2, 0.25) is 0 Å². The summed E-state index contributed by atoms with van der Waals surface area (Å²) in [6.07, 6.45) is 7.36. The summed E-state index contributed by atoms with van der Waals surface area (Å²) in [5.41, 5.74) is 0. The van der Waals surface area contributed by atoms with E-state index in [1.807, 2.05) is 6.92 Å². The first-order chi connectivity index (χ1) is 10.7. The number of nitrogens with one attached hydrogen (secondary N) is 3. The number of unbranched alkanes of at least 4 members (excludes halogenated alkanes) is 1. The third-order valence-corrected chi connectivity index (χ3v) is 3.45. The predicted molar refractivity (Wildman–Crippen MR) is 85.9 cm³/mol. The van der Waals surface area contributed by atoms with Gasteiger partial charge in [-0.1, -0.05) is 32.6 Å². The molecule has 0 unspecified atom stereocenters. The van der Waals surface area contributed by atoms with Gasteiger partial charge in [0.25, 0.3) is 0 Å². The van der Waals surface area contributed by atoms with Gasteiger partial charge in [0.2, 0.25) is 0 Å². The Morgan fingerprint density at radius 2 is 1.91 bits per heavy atom. The van der Waals surface area contributed by atoms with Crippen molar-refractivity contribution in [3.63, 3.8) is 0 Å². The van der Waals surface area contributed by atoms with Gasteiger partial charge in [0, 0.05) is 12.6 Å². The molecule has 1 rings (SSSR count). The number of amides is 4. The molecule has 3 N–H and O–H groups in total. The third-order valence-electron chi connectivity index (χ3n) is 3.45. The number of nitrogens with zero attached hydrogens (tertiary/aromatic N) is 1. The monoisotopic (exact) mass is 312 g/mol. The highest BCUT2D eigenvalue weighted by Gasteiger charge is 2.17.